The van der Waals surface area contributed by atoms with Gasteiger partial charge in [0.25, 0.3) is 0 Å². The molecule has 2 aromatic rings. The molecular weight excluding hydrogens is 360 g/mol. The van der Waals surface area contributed by atoms with Crippen LogP contribution in [-0.4, -0.2) is 15.0 Å². The van der Waals surface area contributed by atoms with Crippen molar-refractivity contribution in [1.29, 1.82) is 0 Å². The molecule has 4 nitrogen and oxygen atoms in total. The molecule has 0 amide bonds. The average molecular weight is 375 g/mol. The predicted octanol–water partition coefficient (Wildman–Crippen LogP) is 3.42. The molecule has 0 saturated carbocycles. The Hall–Kier alpha value is -0.890. The van der Waals surface area contributed by atoms with Gasteiger partial charge in [0.2, 0.25) is 10.0 Å². The maximum atomic E-state index is 11.8. The molecule has 0 atom stereocenters. The van der Waals surface area contributed by atoms with Crippen LogP contribution in [0.4, 0.5) is 5.69 Å². The molecule has 0 aliphatic carbocycles. The fraction of sp³-hybridized carbons (Fsp3) is 0.231. The Balaban J connectivity index is 2.04. The van der Waals surface area contributed by atoms with Gasteiger partial charge in [0, 0.05) is 21.6 Å². The van der Waals surface area contributed by atoms with Crippen molar-refractivity contribution in [3.8, 4) is 0 Å². The second-order valence-electron chi connectivity index (χ2n) is 4.07. The molecule has 108 valence electrons. The van der Waals surface area contributed by atoms with Crippen LogP contribution in [0, 0.1) is 0 Å². The minimum atomic E-state index is -3.38. The van der Waals surface area contributed by atoms with Gasteiger partial charge in [-0.2, -0.15) is 0 Å². The summed E-state index contributed by atoms with van der Waals surface area (Å²) in [5, 5.41) is 5.28. The highest BCUT2D eigenvalue weighted by Gasteiger charge is 2.11. The summed E-state index contributed by atoms with van der Waals surface area (Å²) in [5.74, 6) is 0. The Kier molecular flexibility index (Phi) is 5.20. The highest BCUT2D eigenvalue weighted by atomic mass is 79.9. The molecule has 7 heteroatoms. The van der Waals surface area contributed by atoms with E-state index in [-0.39, 0.29) is 4.90 Å². The number of hydrogen-bond acceptors (Lipinski definition) is 4. The highest BCUT2D eigenvalue weighted by molar-refractivity contribution is 9.10. The Morgan fingerprint density at radius 3 is 2.45 bits per heavy atom. The average Bonchev–Trinajstić information content (AvgIpc) is 2.82. The molecule has 0 saturated heterocycles. The number of rotatable bonds is 6. The Labute approximate surface area is 131 Å². The summed E-state index contributed by atoms with van der Waals surface area (Å²) in [6.07, 6.45) is 0. The zero-order chi connectivity index (χ0) is 14.6. The third kappa shape index (κ3) is 3.82. The maximum absolute atomic E-state index is 11.8. The van der Waals surface area contributed by atoms with Gasteiger partial charge in [-0.1, -0.05) is 6.92 Å². The van der Waals surface area contributed by atoms with E-state index in [4.69, 9.17) is 0 Å². The van der Waals surface area contributed by atoms with E-state index in [9.17, 15) is 8.42 Å². The summed E-state index contributed by atoms with van der Waals surface area (Å²) in [5.41, 5.74) is 0.890. The van der Waals surface area contributed by atoms with Gasteiger partial charge in [-0.3, -0.25) is 0 Å². The quantitative estimate of drug-likeness (QED) is 0.814. The van der Waals surface area contributed by atoms with Crippen LogP contribution in [0.5, 0.6) is 0 Å². The van der Waals surface area contributed by atoms with Gasteiger partial charge in [-0.05, 0) is 51.6 Å². The number of sulfonamides is 1. The van der Waals surface area contributed by atoms with E-state index in [2.05, 4.69) is 26.0 Å². The van der Waals surface area contributed by atoms with Crippen LogP contribution >= 0.6 is 27.3 Å². The van der Waals surface area contributed by atoms with Gasteiger partial charge >= 0.3 is 0 Å². The van der Waals surface area contributed by atoms with Crippen molar-refractivity contribution in [2.24, 2.45) is 0 Å². The summed E-state index contributed by atoms with van der Waals surface area (Å²) in [6, 6.07) is 8.75. The minimum Gasteiger partial charge on any atom is -0.380 e. The van der Waals surface area contributed by atoms with Gasteiger partial charge in [0.1, 0.15) is 0 Å². The van der Waals surface area contributed by atoms with Crippen molar-refractivity contribution in [2.45, 2.75) is 18.4 Å². The summed E-state index contributed by atoms with van der Waals surface area (Å²) in [6.45, 7) is 2.85. The number of hydrogen-bond donors (Lipinski definition) is 2. The van der Waals surface area contributed by atoms with Crippen LogP contribution in [0.15, 0.2) is 45.1 Å². The zero-order valence-corrected chi connectivity index (χ0v) is 14.1. The molecule has 1 aromatic carbocycles. The first kappa shape index (κ1) is 15.5. The topological polar surface area (TPSA) is 58.2 Å². The molecule has 2 rings (SSSR count). The summed E-state index contributed by atoms with van der Waals surface area (Å²) >= 11 is 5.15. The molecule has 0 bridgehead atoms. The van der Waals surface area contributed by atoms with Crippen LogP contribution in [0.2, 0.25) is 0 Å². The fourth-order valence-electron chi connectivity index (χ4n) is 1.66. The fourth-order valence-corrected chi connectivity index (χ4v) is 4.13. The first-order valence-corrected chi connectivity index (χ1v) is 9.24. The van der Waals surface area contributed by atoms with Crippen LogP contribution in [0.25, 0.3) is 0 Å². The normalized spacial score (nSPS) is 11.5. The molecule has 0 aliphatic rings. The maximum Gasteiger partial charge on any atom is 0.240 e. The molecule has 0 spiro atoms. The van der Waals surface area contributed by atoms with E-state index in [1.165, 1.54) is 4.88 Å². The van der Waals surface area contributed by atoms with E-state index < -0.39 is 10.0 Å². The summed E-state index contributed by atoms with van der Waals surface area (Å²) in [4.78, 5) is 1.48. The lowest BCUT2D eigenvalue weighted by Crippen LogP contribution is -2.23. The van der Waals surface area contributed by atoms with Crippen LogP contribution in [0.1, 0.15) is 11.8 Å². The van der Waals surface area contributed by atoms with E-state index >= 15 is 0 Å². The molecule has 20 heavy (non-hydrogen) atoms. The lowest BCUT2D eigenvalue weighted by molar-refractivity contribution is 0.584. The number of benzene rings is 1. The molecule has 0 aliphatic heterocycles. The largest absolute Gasteiger partial charge is 0.380 e. The Morgan fingerprint density at radius 1 is 1.20 bits per heavy atom. The van der Waals surface area contributed by atoms with Crippen molar-refractivity contribution in [1.82, 2.24) is 4.72 Å². The number of thiophene rings is 1. The molecule has 1 aromatic heterocycles. The van der Waals surface area contributed by atoms with Gasteiger partial charge in [-0.15, -0.1) is 11.3 Å². The molecule has 0 fully saturated rings. The van der Waals surface area contributed by atoms with Crippen LogP contribution in [-0.2, 0) is 16.6 Å². The van der Waals surface area contributed by atoms with Crippen LogP contribution < -0.4 is 10.0 Å². The first-order chi connectivity index (χ1) is 9.53. The highest BCUT2D eigenvalue weighted by Crippen LogP contribution is 2.24. The van der Waals surface area contributed by atoms with Crippen molar-refractivity contribution >= 4 is 43.0 Å². The predicted molar refractivity (Wildman–Crippen MR) is 86.7 cm³/mol. The van der Waals surface area contributed by atoms with Crippen molar-refractivity contribution in [2.75, 3.05) is 11.9 Å². The lowest BCUT2D eigenvalue weighted by atomic mass is 10.3. The van der Waals surface area contributed by atoms with Crippen molar-refractivity contribution < 1.29 is 8.42 Å². The Bertz CT molecular complexity index is 666. The van der Waals surface area contributed by atoms with Crippen LogP contribution in [0.3, 0.4) is 0 Å². The molecule has 0 unspecified atom stereocenters. The van der Waals surface area contributed by atoms with Crippen molar-refractivity contribution in [3.05, 3.63) is 45.1 Å². The molecule has 0 radical (unpaired) electrons. The van der Waals surface area contributed by atoms with Gasteiger partial charge in [0.15, 0.2) is 0 Å². The number of halogens is 1. The van der Waals surface area contributed by atoms with Gasteiger partial charge in [0.05, 0.1) is 11.4 Å². The van der Waals surface area contributed by atoms with Crippen molar-refractivity contribution in [3.63, 3.8) is 0 Å². The molecule has 2 N–H and O–H groups in total. The minimum absolute atomic E-state index is 0.280. The van der Waals surface area contributed by atoms with E-state index in [0.717, 1.165) is 10.2 Å². The monoisotopic (exact) mass is 374 g/mol. The van der Waals surface area contributed by atoms with Gasteiger partial charge < -0.3 is 5.32 Å². The SMILES string of the molecule is CCNS(=O)(=O)c1ccc(NCc2sccc2Br)cc1. The number of anilines is 1. The van der Waals surface area contributed by atoms with Gasteiger partial charge in [-0.25, -0.2) is 13.1 Å². The van der Waals surface area contributed by atoms with E-state index in [1.807, 2.05) is 11.4 Å². The van der Waals surface area contributed by atoms with E-state index in [0.29, 0.717) is 13.1 Å². The summed E-state index contributed by atoms with van der Waals surface area (Å²) < 4.78 is 27.1. The zero-order valence-electron chi connectivity index (χ0n) is 10.9. The third-order valence-electron chi connectivity index (χ3n) is 2.64. The molecule has 1 heterocycles. The standard InChI is InChI=1S/C13H15BrN2O2S2/c1-2-16-20(17,18)11-5-3-10(4-6-11)15-9-13-12(14)7-8-19-13/h3-8,15-16H,2,9H2,1H3. The second kappa shape index (κ2) is 6.71. The molecular formula is C13H15BrN2O2S2. The lowest BCUT2D eigenvalue weighted by Gasteiger charge is -2.08. The smallest absolute Gasteiger partial charge is 0.240 e. The van der Waals surface area contributed by atoms with E-state index in [1.54, 1.807) is 42.5 Å². The second-order valence-corrected chi connectivity index (χ2v) is 7.69. The Morgan fingerprint density at radius 2 is 1.90 bits per heavy atom. The third-order valence-corrected chi connectivity index (χ3v) is 6.13. The first-order valence-electron chi connectivity index (χ1n) is 6.08. The summed E-state index contributed by atoms with van der Waals surface area (Å²) in [7, 11) is -3.38. The number of nitrogens with one attached hydrogen (secondary N) is 2.